The quantitative estimate of drug-likeness (QED) is 0.512. The van der Waals surface area contributed by atoms with Gasteiger partial charge in [-0.3, -0.25) is 9.59 Å². The third kappa shape index (κ3) is 5.50. The maximum Gasteiger partial charge on any atom is 0.239 e. The number of aromatic amines is 1. The van der Waals surface area contributed by atoms with Crippen LogP contribution in [0.3, 0.4) is 0 Å². The summed E-state index contributed by atoms with van der Waals surface area (Å²) in [7, 11) is 0. The number of hydrogen-bond acceptors (Lipinski definition) is 4. The summed E-state index contributed by atoms with van der Waals surface area (Å²) >= 11 is 6.04. The number of halogens is 1. The molecule has 0 radical (unpaired) electrons. The topological polar surface area (TPSA) is 98.9 Å². The Morgan fingerprint density at radius 1 is 1.25 bits per heavy atom. The molecule has 0 spiro atoms. The average molecular weight is 352 g/mol. The first-order valence-corrected chi connectivity index (χ1v) is 8.33. The van der Waals surface area contributed by atoms with Gasteiger partial charge in [-0.15, -0.1) is 0 Å². The summed E-state index contributed by atoms with van der Waals surface area (Å²) in [5, 5.41) is 9.74. The van der Waals surface area contributed by atoms with E-state index >= 15 is 0 Å². The van der Waals surface area contributed by atoms with E-state index in [1.807, 2.05) is 6.07 Å². The van der Waals surface area contributed by atoms with Crippen LogP contribution in [-0.2, 0) is 16.1 Å². The second kappa shape index (κ2) is 9.24. The van der Waals surface area contributed by atoms with E-state index in [1.165, 1.54) is 0 Å². The smallest absolute Gasteiger partial charge is 0.239 e. The molecule has 0 aliphatic rings. The van der Waals surface area contributed by atoms with Gasteiger partial charge in [0.25, 0.3) is 0 Å². The monoisotopic (exact) mass is 351 g/mol. The van der Waals surface area contributed by atoms with Crippen LogP contribution in [0, 0.1) is 0 Å². The van der Waals surface area contributed by atoms with Crippen LogP contribution in [0.5, 0.6) is 0 Å². The molecular weight excluding hydrogens is 330 g/mol. The first-order chi connectivity index (χ1) is 11.6. The van der Waals surface area contributed by atoms with Crippen LogP contribution in [0.25, 0.3) is 11.0 Å². The highest BCUT2D eigenvalue weighted by Gasteiger charge is 2.07. The van der Waals surface area contributed by atoms with Gasteiger partial charge in [-0.1, -0.05) is 24.9 Å². The van der Waals surface area contributed by atoms with Gasteiger partial charge in [-0.25, -0.2) is 4.98 Å². The van der Waals surface area contributed by atoms with E-state index in [0.29, 0.717) is 17.2 Å². The first-order valence-electron chi connectivity index (χ1n) is 7.95. The van der Waals surface area contributed by atoms with Gasteiger partial charge in [-0.2, -0.15) is 0 Å². The van der Waals surface area contributed by atoms with Gasteiger partial charge in [0.1, 0.15) is 5.65 Å². The van der Waals surface area contributed by atoms with Crippen molar-refractivity contribution < 1.29 is 9.59 Å². The van der Waals surface area contributed by atoms with Crippen molar-refractivity contribution in [2.75, 3.05) is 19.6 Å². The Morgan fingerprint density at radius 3 is 2.83 bits per heavy atom. The van der Waals surface area contributed by atoms with Crippen molar-refractivity contribution in [2.45, 2.75) is 26.3 Å². The molecule has 2 heterocycles. The van der Waals surface area contributed by atoms with Gasteiger partial charge in [0.05, 0.1) is 18.1 Å². The SMILES string of the molecule is CCCCNCC(=O)NCC(=O)NCc1cnc2[nH]cc(Cl)c2c1. The van der Waals surface area contributed by atoms with Crippen molar-refractivity contribution in [1.82, 2.24) is 25.9 Å². The molecule has 0 saturated heterocycles. The second-order valence-electron chi connectivity index (χ2n) is 5.46. The third-order valence-corrected chi connectivity index (χ3v) is 3.78. The Bertz CT molecular complexity index is 701. The molecule has 0 aliphatic heterocycles. The number of H-pyrrole nitrogens is 1. The number of hydrogen-bond donors (Lipinski definition) is 4. The number of amides is 2. The summed E-state index contributed by atoms with van der Waals surface area (Å²) < 4.78 is 0. The second-order valence-corrected chi connectivity index (χ2v) is 5.87. The molecule has 2 aromatic rings. The Labute approximate surface area is 145 Å². The molecule has 0 bridgehead atoms. The molecule has 0 aromatic carbocycles. The number of rotatable bonds is 9. The lowest BCUT2D eigenvalue weighted by molar-refractivity contribution is -0.125. The molecule has 2 rings (SSSR count). The number of unbranched alkanes of at least 4 members (excludes halogenated alkanes) is 1. The molecule has 0 saturated carbocycles. The van der Waals surface area contributed by atoms with Gasteiger partial charge in [-0.05, 0) is 24.6 Å². The summed E-state index contributed by atoms with van der Waals surface area (Å²) in [6, 6.07) is 1.87. The highest BCUT2D eigenvalue weighted by molar-refractivity contribution is 6.35. The minimum absolute atomic E-state index is 0.0468. The van der Waals surface area contributed by atoms with Crippen molar-refractivity contribution in [3.8, 4) is 0 Å². The maximum absolute atomic E-state index is 11.8. The molecule has 2 amide bonds. The Kier molecular flexibility index (Phi) is 7.02. The van der Waals surface area contributed by atoms with E-state index in [9.17, 15) is 9.59 Å². The number of aromatic nitrogens is 2. The molecule has 4 N–H and O–H groups in total. The lowest BCUT2D eigenvalue weighted by Gasteiger charge is -2.08. The molecule has 7 nitrogen and oxygen atoms in total. The van der Waals surface area contributed by atoms with Crippen LogP contribution >= 0.6 is 11.6 Å². The van der Waals surface area contributed by atoms with Gasteiger partial charge >= 0.3 is 0 Å². The number of fused-ring (bicyclic) bond motifs is 1. The standard InChI is InChI=1S/C16H22ClN5O2/c1-2-3-4-18-9-14(23)20-10-15(24)19-6-11-5-12-13(17)8-22-16(12)21-7-11/h5,7-8,18H,2-4,6,9-10H2,1H3,(H,19,24)(H,20,23)(H,21,22). The van der Waals surface area contributed by atoms with Crippen LogP contribution in [0.2, 0.25) is 5.02 Å². The van der Waals surface area contributed by atoms with Gasteiger partial charge < -0.3 is 20.9 Å². The zero-order chi connectivity index (χ0) is 17.4. The minimum Gasteiger partial charge on any atom is -0.350 e. The lowest BCUT2D eigenvalue weighted by atomic mass is 10.2. The Morgan fingerprint density at radius 2 is 2.04 bits per heavy atom. The van der Waals surface area contributed by atoms with Crippen LogP contribution in [-0.4, -0.2) is 41.4 Å². The summed E-state index contributed by atoms with van der Waals surface area (Å²) in [5.41, 5.74) is 1.54. The molecule has 0 atom stereocenters. The highest BCUT2D eigenvalue weighted by Crippen LogP contribution is 2.21. The Balaban J connectivity index is 1.70. The highest BCUT2D eigenvalue weighted by atomic mass is 35.5. The number of carbonyl (C=O) groups excluding carboxylic acids is 2. The van der Waals surface area contributed by atoms with Crippen LogP contribution in [0.15, 0.2) is 18.5 Å². The summed E-state index contributed by atoms with van der Waals surface area (Å²) in [6.45, 7) is 3.39. The fourth-order valence-corrected chi connectivity index (χ4v) is 2.32. The van der Waals surface area contributed by atoms with Gasteiger partial charge in [0.2, 0.25) is 11.8 Å². The van der Waals surface area contributed by atoms with Crippen molar-refractivity contribution in [3.63, 3.8) is 0 Å². The number of carbonyl (C=O) groups is 2. The lowest BCUT2D eigenvalue weighted by Crippen LogP contribution is -2.40. The predicted octanol–water partition coefficient (Wildman–Crippen LogP) is 1.34. The maximum atomic E-state index is 11.8. The van der Waals surface area contributed by atoms with E-state index in [-0.39, 0.29) is 24.9 Å². The molecular formula is C16H22ClN5O2. The Hall–Kier alpha value is -2.12. The number of pyridine rings is 1. The average Bonchev–Trinajstić information content (AvgIpc) is 2.96. The fourth-order valence-electron chi connectivity index (χ4n) is 2.12. The predicted molar refractivity (Wildman–Crippen MR) is 93.7 cm³/mol. The number of nitrogens with zero attached hydrogens (tertiary/aromatic N) is 1. The van der Waals surface area contributed by atoms with Crippen molar-refractivity contribution in [3.05, 3.63) is 29.0 Å². The van der Waals surface area contributed by atoms with Crippen molar-refractivity contribution >= 4 is 34.4 Å². The molecule has 24 heavy (non-hydrogen) atoms. The molecule has 0 fully saturated rings. The van der Waals surface area contributed by atoms with E-state index in [2.05, 4.69) is 32.8 Å². The third-order valence-electron chi connectivity index (χ3n) is 3.47. The molecule has 0 unspecified atom stereocenters. The summed E-state index contributed by atoms with van der Waals surface area (Å²) in [5.74, 6) is -0.444. The van der Waals surface area contributed by atoms with E-state index in [0.717, 1.165) is 30.3 Å². The van der Waals surface area contributed by atoms with E-state index in [4.69, 9.17) is 11.6 Å². The van der Waals surface area contributed by atoms with Gasteiger partial charge in [0, 0.05) is 24.3 Å². The van der Waals surface area contributed by atoms with E-state index < -0.39 is 0 Å². The van der Waals surface area contributed by atoms with Crippen LogP contribution < -0.4 is 16.0 Å². The van der Waals surface area contributed by atoms with Crippen molar-refractivity contribution in [1.29, 1.82) is 0 Å². The van der Waals surface area contributed by atoms with Crippen LogP contribution in [0.1, 0.15) is 25.3 Å². The van der Waals surface area contributed by atoms with Crippen molar-refractivity contribution in [2.24, 2.45) is 0 Å². The molecule has 2 aromatic heterocycles. The molecule has 130 valence electrons. The molecule has 8 heteroatoms. The fraction of sp³-hybridized carbons (Fsp3) is 0.438. The number of nitrogens with one attached hydrogen (secondary N) is 4. The first kappa shape index (κ1) is 18.2. The molecule has 0 aliphatic carbocycles. The minimum atomic E-state index is -0.253. The zero-order valence-corrected chi connectivity index (χ0v) is 14.4. The largest absolute Gasteiger partial charge is 0.350 e. The normalized spacial score (nSPS) is 10.8. The van der Waals surface area contributed by atoms with Gasteiger partial charge in [0.15, 0.2) is 0 Å². The zero-order valence-electron chi connectivity index (χ0n) is 13.6. The van der Waals surface area contributed by atoms with Crippen LogP contribution in [0.4, 0.5) is 0 Å². The summed E-state index contributed by atoms with van der Waals surface area (Å²) in [6.07, 6.45) is 5.44. The summed E-state index contributed by atoms with van der Waals surface area (Å²) in [4.78, 5) is 30.5. The van der Waals surface area contributed by atoms with E-state index in [1.54, 1.807) is 12.4 Å².